The van der Waals surface area contributed by atoms with Crippen LogP contribution in [0.1, 0.15) is 32.3 Å². The first-order valence-electron chi connectivity index (χ1n) is 6.33. The van der Waals surface area contributed by atoms with Gasteiger partial charge in [0.15, 0.2) is 11.5 Å². The maximum Gasteiger partial charge on any atom is 0.166 e. The lowest BCUT2D eigenvalue weighted by molar-refractivity contribution is 0.183. The van der Waals surface area contributed by atoms with Crippen LogP contribution in [0, 0.1) is 0 Å². The molecule has 0 aliphatic rings. The second kappa shape index (κ2) is 7.49. The third kappa shape index (κ3) is 3.79. The molecule has 1 aromatic rings. The van der Waals surface area contributed by atoms with Crippen molar-refractivity contribution in [3.05, 3.63) is 22.7 Å². The van der Waals surface area contributed by atoms with Crippen LogP contribution in [-0.4, -0.2) is 20.3 Å². The minimum atomic E-state index is 0.204. The standard InChI is InChI=1S/C14H22ClNO2/c1-5-12(6-2)18-14-10(9-16-3)7-11(15)8-13(14)17-4/h7-8,12,16H,5-6,9H2,1-4H3. The summed E-state index contributed by atoms with van der Waals surface area (Å²) < 4.78 is 11.4. The lowest BCUT2D eigenvalue weighted by atomic mass is 10.1. The maximum atomic E-state index is 6.08. The van der Waals surface area contributed by atoms with Gasteiger partial charge in [0.1, 0.15) is 0 Å². The Hall–Kier alpha value is -0.930. The van der Waals surface area contributed by atoms with Gasteiger partial charge in [-0.2, -0.15) is 0 Å². The smallest absolute Gasteiger partial charge is 0.166 e. The molecule has 0 atom stereocenters. The second-order valence-electron chi connectivity index (χ2n) is 4.18. The molecule has 0 radical (unpaired) electrons. The number of nitrogens with one attached hydrogen (secondary N) is 1. The Bertz CT molecular complexity index is 378. The van der Waals surface area contributed by atoms with E-state index in [1.165, 1.54) is 0 Å². The summed E-state index contributed by atoms with van der Waals surface area (Å²) in [6.45, 7) is 4.94. The van der Waals surface area contributed by atoms with E-state index in [1.807, 2.05) is 13.1 Å². The van der Waals surface area contributed by atoms with Crippen LogP contribution >= 0.6 is 11.6 Å². The highest BCUT2D eigenvalue weighted by molar-refractivity contribution is 6.30. The first-order valence-corrected chi connectivity index (χ1v) is 6.71. The number of methoxy groups -OCH3 is 1. The summed E-state index contributed by atoms with van der Waals surface area (Å²) in [5, 5.41) is 3.78. The van der Waals surface area contributed by atoms with Crippen molar-refractivity contribution >= 4 is 11.6 Å². The van der Waals surface area contributed by atoms with Gasteiger partial charge in [-0.05, 0) is 26.0 Å². The molecule has 0 saturated heterocycles. The largest absolute Gasteiger partial charge is 0.493 e. The van der Waals surface area contributed by atoms with Gasteiger partial charge >= 0.3 is 0 Å². The van der Waals surface area contributed by atoms with Gasteiger partial charge in [-0.3, -0.25) is 0 Å². The van der Waals surface area contributed by atoms with E-state index in [9.17, 15) is 0 Å². The maximum absolute atomic E-state index is 6.08. The number of hydrogen-bond donors (Lipinski definition) is 1. The van der Waals surface area contributed by atoms with E-state index in [1.54, 1.807) is 13.2 Å². The number of benzene rings is 1. The molecule has 102 valence electrons. The molecule has 0 fully saturated rings. The van der Waals surface area contributed by atoms with Crippen molar-refractivity contribution in [2.24, 2.45) is 0 Å². The van der Waals surface area contributed by atoms with E-state index in [0.717, 1.165) is 24.2 Å². The molecule has 0 heterocycles. The molecule has 1 rings (SSSR count). The first kappa shape index (κ1) is 15.1. The lowest BCUT2D eigenvalue weighted by Gasteiger charge is -2.21. The zero-order valence-electron chi connectivity index (χ0n) is 11.5. The van der Waals surface area contributed by atoms with Gasteiger partial charge in [-0.1, -0.05) is 25.4 Å². The Balaban J connectivity index is 3.11. The van der Waals surface area contributed by atoms with Crippen molar-refractivity contribution in [1.29, 1.82) is 0 Å². The highest BCUT2D eigenvalue weighted by Crippen LogP contribution is 2.36. The van der Waals surface area contributed by atoms with E-state index in [0.29, 0.717) is 17.3 Å². The van der Waals surface area contributed by atoms with Crippen molar-refractivity contribution in [3.63, 3.8) is 0 Å². The molecule has 0 aromatic heterocycles. The molecule has 0 aliphatic heterocycles. The van der Waals surface area contributed by atoms with Gasteiger partial charge in [0.2, 0.25) is 0 Å². The van der Waals surface area contributed by atoms with Crippen LogP contribution in [0.2, 0.25) is 5.02 Å². The number of halogens is 1. The highest BCUT2D eigenvalue weighted by Gasteiger charge is 2.15. The topological polar surface area (TPSA) is 30.5 Å². The Morgan fingerprint density at radius 2 is 1.94 bits per heavy atom. The predicted octanol–water partition coefficient (Wildman–Crippen LogP) is 3.64. The van der Waals surface area contributed by atoms with Crippen molar-refractivity contribution in [3.8, 4) is 11.5 Å². The number of ether oxygens (including phenoxy) is 2. The summed E-state index contributed by atoms with van der Waals surface area (Å²) in [5.41, 5.74) is 1.02. The van der Waals surface area contributed by atoms with E-state index < -0.39 is 0 Å². The Kier molecular flexibility index (Phi) is 6.30. The summed E-state index contributed by atoms with van der Waals surface area (Å²) in [7, 11) is 3.53. The summed E-state index contributed by atoms with van der Waals surface area (Å²) in [5.74, 6) is 1.49. The van der Waals surface area contributed by atoms with Crippen LogP contribution in [0.5, 0.6) is 11.5 Å². The average molecular weight is 272 g/mol. The monoisotopic (exact) mass is 271 g/mol. The third-order valence-corrected chi connectivity index (χ3v) is 3.10. The molecule has 0 bridgehead atoms. The summed E-state index contributed by atoms with van der Waals surface area (Å²) in [4.78, 5) is 0. The average Bonchev–Trinajstić information content (AvgIpc) is 2.37. The van der Waals surface area contributed by atoms with Crippen LogP contribution in [-0.2, 0) is 6.54 Å². The minimum Gasteiger partial charge on any atom is -0.493 e. The molecule has 0 aliphatic carbocycles. The van der Waals surface area contributed by atoms with Gasteiger partial charge in [0.25, 0.3) is 0 Å². The van der Waals surface area contributed by atoms with Gasteiger partial charge in [-0.15, -0.1) is 0 Å². The molecule has 4 heteroatoms. The van der Waals surface area contributed by atoms with Crippen LogP contribution in [0.3, 0.4) is 0 Å². The zero-order valence-corrected chi connectivity index (χ0v) is 12.3. The van der Waals surface area contributed by atoms with Gasteiger partial charge < -0.3 is 14.8 Å². The Morgan fingerprint density at radius 1 is 1.28 bits per heavy atom. The molecule has 0 amide bonds. The van der Waals surface area contributed by atoms with E-state index >= 15 is 0 Å². The number of rotatable bonds is 7. The normalized spacial score (nSPS) is 10.8. The molecule has 3 nitrogen and oxygen atoms in total. The van der Waals surface area contributed by atoms with Crippen LogP contribution in [0.4, 0.5) is 0 Å². The van der Waals surface area contributed by atoms with E-state index in [2.05, 4.69) is 19.2 Å². The predicted molar refractivity (Wildman–Crippen MR) is 75.8 cm³/mol. The van der Waals surface area contributed by atoms with Crippen molar-refractivity contribution in [1.82, 2.24) is 5.32 Å². The Labute approximate surface area is 114 Å². The summed E-state index contributed by atoms with van der Waals surface area (Å²) >= 11 is 6.08. The fourth-order valence-electron chi connectivity index (χ4n) is 1.85. The van der Waals surface area contributed by atoms with Crippen LogP contribution in [0.25, 0.3) is 0 Å². The molecule has 0 saturated carbocycles. The third-order valence-electron chi connectivity index (χ3n) is 2.88. The van der Waals surface area contributed by atoms with Gasteiger partial charge in [0, 0.05) is 23.2 Å². The quantitative estimate of drug-likeness (QED) is 0.821. The fourth-order valence-corrected chi connectivity index (χ4v) is 2.08. The van der Waals surface area contributed by atoms with Crippen molar-refractivity contribution < 1.29 is 9.47 Å². The van der Waals surface area contributed by atoms with Crippen LogP contribution < -0.4 is 14.8 Å². The first-order chi connectivity index (χ1) is 8.65. The molecular formula is C14H22ClNO2. The van der Waals surface area contributed by atoms with Crippen molar-refractivity contribution in [2.45, 2.75) is 39.3 Å². The lowest BCUT2D eigenvalue weighted by Crippen LogP contribution is -2.17. The van der Waals surface area contributed by atoms with E-state index in [4.69, 9.17) is 21.1 Å². The SMILES string of the molecule is CCC(CC)Oc1c(CNC)cc(Cl)cc1OC. The molecule has 0 unspecified atom stereocenters. The van der Waals surface area contributed by atoms with E-state index in [-0.39, 0.29) is 6.10 Å². The molecule has 0 spiro atoms. The zero-order chi connectivity index (χ0) is 13.5. The fraction of sp³-hybridized carbons (Fsp3) is 0.571. The van der Waals surface area contributed by atoms with Gasteiger partial charge in [0.05, 0.1) is 13.2 Å². The minimum absolute atomic E-state index is 0.204. The summed E-state index contributed by atoms with van der Waals surface area (Å²) in [6, 6.07) is 3.71. The van der Waals surface area contributed by atoms with Crippen LogP contribution in [0.15, 0.2) is 12.1 Å². The second-order valence-corrected chi connectivity index (χ2v) is 4.62. The highest BCUT2D eigenvalue weighted by atomic mass is 35.5. The van der Waals surface area contributed by atoms with Crippen molar-refractivity contribution in [2.75, 3.05) is 14.2 Å². The number of hydrogen-bond acceptors (Lipinski definition) is 3. The van der Waals surface area contributed by atoms with Gasteiger partial charge in [-0.25, -0.2) is 0 Å². The molecular weight excluding hydrogens is 250 g/mol. The Morgan fingerprint density at radius 3 is 2.44 bits per heavy atom. The summed E-state index contributed by atoms with van der Waals surface area (Å²) in [6.07, 6.45) is 2.15. The molecule has 1 aromatic carbocycles. The molecule has 1 N–H and O–H groups in total. The molecule has 18 heavy (non-hydrogen) atoms.